The van der Waals surface area contributed by atoms with Crippen molar-refractivity contribution in [2.45, 2.75) is 32.9 Å². The van der Waals surface area contributed by atoms with E-state index in [4.69, 9.17) is 11.6 Å². The minimum absolute atomic E-state index is 0.665. The summed E-state index contributed by atoms with van der Waals surface area (Å²) >= 11 is 6.38. The van der Waals surface area contributed by atoms with Gasteiger partial charge in [-0.3, -0.25) is 4.90 Å². The highest BCUT2D eigenvalue weighted by atomic mass is 35.5. The van der Waals surface area contributed by atoms with Crippen molar-refractivity contribution in [1.82, 2.24) is 15.2 Å². The summed E-state index contributed by atoms with van der Waals surface area (Å²) < 4.78 is 0. The first kappa shape index (κ1) is 15.5. The Labute approximate surface area is 127 Å². The molecule has 0 bridgehead atoms. The molecule has 1 unspecified atom stereocenters. The molecule has 1 aliphatic rings. The summed E-state index contributed by atoms with van der Waals surface area (Å²) in [5.41, 5.74) is 1.12. The second kappa shape index (κ2) is 7.25. The van der Waals surface area contributed by atoms with Crippen LogP contribution in [0.3, 0.4) is 0 Å². The molecular weight excluding hydrogens is 272 g/mol. The van der Waals surface area contributed by atoms with Gasteiger partial charge in [0.15, 0.2) is 0 Å². The van der Waals surface area contributed by atoms with Gasteiger partial charge in [0.1, 0.15) is 5.82 Å². The molecule has 0 aromatic carbocycles. The summed E-state index contributed by atoms with van der Waals surface area (Å²) in [6.45, 7) is 9.53. The van der Waals surface area contributed by atoms with Crippen molar-refractivity contribution in [2.75, 3.05) is 38.1 Å². The molecule has 1 N–H and O–H groups in total. The summed E-state index contributed by atoms with van der Waals surface area (Å²) in [4.78, 5) is 9.38. The van der Waals surface area contributed by atoms with Gasteiger partial charge in [-0.2, -0.15) is 0 Å². The van der Waals surface area contributed by atoms with Crippen molar-refractivity contribution >= 4 is 17.4 Å². The number of rotatable bonds is 5. The Balaban J connectivity index is 2.00. The summed E-state index contributed by atoms with van der Waals surface area (Å²) in [7, 11) is 1.93. The Morgan fingerprint density at radius 3 is 2.60 bits per heavy atom. The zero-order valence-electron chi connectivity index (χ0n) is 12.7. The van der Waals surface area contributed by atoms with E-state index in [0.29, 0.717) is 6.04 Å². The lowest BCUT2D eigenvalue weighted by molar-refractivity contribution is 0.192. The van der Waals surface area contributed by atoms with Gasteiger partial charge in [-0.1, -0.05) is 18.5 Å². The molecule has 0 radical (unpaired) electrons. The molecule has 0 saturated carbocycles. The zero-order valence-corrected chi connectivity index (χ0v) is 13.5. The first-order valence-electron chi connectivity index (χ1n) is 7.43. The van der Waals surface area contributed by atoms with Crippen LogP contribution in [0.2, 0.25) is 5.02 Å². The van der Waals surface area contributed by atoms with E-state index in [1.54, 1.807) is 0 Å². The topological polar surface area (TPSA) is 31.4 Å². The smallest absolute Gasteiger partial charge is 0.147 e. The fourth-order valence-electron chi connectivity index (χ4n) is 2.64. The van der Waals surface area contributed by atoms with Crippen LogP contribution in [0, 0.1) is 0 Å². The van der Waals surface area contributed by atoms with Crippen LogP contribution in [0.1, 0.15) is 25.8 Å². The van der Waals surface area contributed by atoms with E-state index in [2.05, 4.69) is 33.9 Å². The fraction of sp³-hybridized carbons (Fsp3) is 0.667. The van der Waals surface area contributed by atoms with Crippen LogP contribution in [0.5, 0.6) is 0 Å². The number of hydrogen-bond acceptors (Lipinski definition) is 4. The molecule has 20 heavy (non-hydrogen) atoms. The molecule has 1 fully saturated rings. The molecule has 1 aliphatic heterocycles. The second-order valence-corrected chi connectivity index (χ2v) is 5.87. The van der Waals surface area contributed by atoms with Gasteiger partial charge in [0.2, 0.25) is 0 Å². The van der Waals surface area contributed by atoms with Gasteiger partial charge >= 0.3 is 0 Å². The maximum Gasteiger partial charge on any atom is 0.147 e. The molecule has 1 atom stereocenters. The lowest BCUT2D eigenvalue weighted by Crippen LogP contribution is -2.49. The lowest BCUT2D eigenvalue weighted by atomic mass is 10.2. The van der Waals surface area contributed by atoms with Crippen LogP contribution in [-0.4, -0.2) is 49.2 Å². The average Bonchev–Trinajstić information content (AvgIpc) is 2.47. The number of hydrogen-bond donors (Lipinski definition) is 1. The Bertz CT molecular complexity index is 430. The predicted octanol–water partition coefficient (Wildman–Crippen LogP) is 2.37. The predicted molar refractivity (Wildman–Crippen MR) is 85.5 cm³/mol. The van der Waals surface area contributed by atoms with Gasteiger partial charge in [-0.05, 0) is 32.0 Å². The van der Waals surface area contributed by atoms with Gasteiger partial charge < -0.3 is 10.2 Å². The van der Waals surface area contributed by atoms with Crippen LogP contribution in [0.25, 0.3) is 0 Å². The molecule has 1 saturated heterocycles. The van der Waals surface area contributed by atoms with Crippen molar-refractivity contribution < 1.29 is 0 Å². The Hall–Kier alpha value is -0.840. The van der Waals surface area contributed by atoms with Crippen LogP contribution < -0.4 is 10.2 Å². The molecule has 1 aromatic rings. The number of piperazine rings is 1. The van der Waals surface area contributed by atoms with Gasteiger partial charge in [0.05, 0.1) is 5.02 Å². The first-order valence-corrected chi connectivity index (χ1v) is 7.81. The van der Waals surface area contributed by atoms with Crippen molar-refractivity contribution in [1.29, 1.82) is 0 Å². The molecule has 112 valence electrons. The Morgan fingerprint density at radius 2 is 2.05 bits per heavy atom. The first-order chi connectivity index (χ1) is 9.65. The summed E-state index contributed by atoms with van der Waals surface area (Å²) in [5, 5.41) is 3.88. The minimum Gasteiger partial charge on any atom is -0.353 e. The molecule has 1 aromatic heterocycles. The number of anilines is 1. The van der Waals surface area contributed by atoms with Crippen LogP contribution in [0.15, 0.2) is 12.3 Å². The van der Waals surface area contributed by atoms with Gasteiger partial charge in [-0.25, -0.2) is 4.98 Å². The number of nitrogens with zero attached hydrogens (tertiary/aromatic N) is 3. The van der Waals surface area contributed by atoms with Gasteiger partial charge in [-0.15, -0.1) is 0 Å². The highest BCUT2D eigenvalue weighted by Gasteiger charge is 2.22. The number of nitrogens with one attached hydrogen (secondary N) is 1. The summed E-state index contributed by atoms with van der Waals surface area (Å²) in [6, 6.07) is 2.68. The van der Waals surface area contributed by atoms with Gasteiger partial charge in [0, 0.05) is 45.0 Å². The number of aromatic nitrogens is 1. The molecule has 0 aliphatic carbocycles. The molecule has 2 heterocycles. The van der Waals surface area contributed by atoms with E-state index in [1.807, 2.05) is 19.3 Å². The van der Waals surface area contributed by atoms with Crippen molar-refractivity contribution in [3.05, 3.63) is 22.8 Å². The molecular formula is C15H25ClN4. The maximum atomic E-state index is 6.38. The van der Waals surface area contributed by atoms with Crippen LogP contribution in [-0.2, 0) is 6.54 Å². The molecule has 0 spiro atoms. The standard InChI is InChI=1S/C15H25ClN4/c1-4-12(2)19-5-7-20(8-6-19)15-14(16)9-13(10-17-3)11-18-15/h9,11-12,17H,4-8,10H2,1-3H3. The maximum absolute atomic E-state index is 6.38. The summed E-state index contributed by atoms with van der Waals surface area (Å²) in [6.07, 6.45) is 3.12. The Morgan fingerprint density at radius 1 is 1.35 bits per heavy atom. The van der Waals surface area contributed by atoms with Crippen LogP contribution >= 0.6 is 11.6 Å². The SMILES string of the molecule is CCC(C)N1CCN(c2ncc(CNC)cc2Cl)CC1. The van der Waals surface area contributed by atoms with Crippen LogP contribution in [0.4, 0.5) is 5.82 Å². The third-order valence-corrected chi connectivity index (χ3v) is 4.37. The third-order valence-electron chi connectivity index (χ3n) is 4.09. The van der Waals surface area contributed by atoms with E-state index in [-0.39, 0.29) is 0 Å². The second-order valence-electron chi connectivity index (χ2n) is 5.46. The van der Waals surface area contributed by atoms with Crippen molar-refractivity contribution in [3.63, 3.8) is 0 Å². The Kier molecular flexibility index (Phi) is 5.64. The lowest BCUT2D eigenvalue weighted by Gasteiger charge is -2.38. The fourth-order valence-corrected chi connectivity index (χ4v) is 2.94. The quantitative estimate of drug-likeness (QED) is 0.904. The van der Waals surface area contributed by atoms with E-state index in [1.165, 1.54) is 6.42 Å². The van der Waals surface area contributed by atoms with E-state index in [9.17, 15) is 0 Å². The largest absolute Gasteiger partial charge is 0.353 e. The highest BCUT2D eigenvalue weighted by molar-refractivity contribution is 6.33. The van der Waals surface area contributed by atoms with E-state index >= 15 is 0 Å². The van der Waals surface area contributed by atoms with E-state index < -0.39 is 0 Å². The average molecular weight is 297 g/mol. The monoisotopic (exact) mass is 296 g/mol. The molecule has 5 heteroatoms. The minimum atomic E-state index is 0.665. The molecule has 4 nitrogen and oxygen atoms in total. The third kappa shape index (κ3) is 3.62. The summed E-state index contributed by atoms with van der Waals surface area (Å²) in [5.74, 6) is 0.926. The van der Waals surface area contributed by atoms with Gasteiger partial charge in [0.25, 0.3) is 0 Å². The van der Waals surface area contributed by atoms with E-state index in [0.717, 1.165) is 49.1 Å². The highest BCUT2D eigenvalue weighted by Crippen LogP contribution is 2.25. The molecule has 0 amide bonds. The van der Waals surface area contributed by atoms with Crippen molar-refractivity contribution in [3.8, 4) is 0 Å². The number of halogens is 1. The normalized spacial score (nSPS) is 18.3. The molecule has 2 rings (SSSR count). The van der Waals surface area contributed by atoms with Crippen molar-refractivity contribution in [2.24, 2.45) is 0 Å². The number of pyridine rings is 1. The zero-order chi connectivity index (χ0) is 14.5.